The highest BCUT2D eigenvalue weighted by Gasteiger charge is 2.35. The first-order valence-corrected chi connectivity index (χ1v) is 10.1. The van der Waals surface area contributed by atoms with Crippen LogP contribution in [0.25, 0.3) is 0 Å². The Balaban J connectivity index is 1.40. The van der Waals surface area contributed by atoms with Crippen LogP contribution in [0, 0.1) is 5.92 Å². The minimum Gasteiger partial charge on any atom is -0.497 e. The van der Waals surface area contributed by atoms with E-state index in [4.69, 9.17) is 9.47 Å². The Morgan fingerprint density at radius 2 is 1.81 bits per heavy atom. The Morgan fingerprint density at radius 3 is 2.41 bits per heavy atom. The summed E-state index contributed by atoms with van der Waals surface area (Å²) < 4.78 is 11.5. The predicted octanol–water partition coefficient (Wildman–Crippen LogP) is 2.76. The fourth-order valence-corrected chi connectivity index (χ4v) is 3.69. The van der Waals surface area contributed by atoms with Gasteiger partial charge < -0.3 is 19.7 Å². The van der Waals surface area contributed by atoms with Crippen LogP contribution in [-0.2, 0) is 4.79 Å². The number of methoxy groups -OCH3 is 1. The van der Waals surface area contributed by atoms with E-state index in [9.17, 15) is 9.59 Å². The quantitative estimate of drug-likeness (QED) is 0.834. The van der Waals surface area contributed by atoms with Gasteiger partial charge in [-0.15, -0.1) is 0 Å². The smallest absolute Gasteiger partial charge is 0.255 e. The van der Waals surface area contributed by atoms with E-state index >= 15 is 0 Å². The lowest BCUT2D eigenvalue weighted by molar-refractivity contribution is -0.134. The minimum atomic E-state index is -0.102. The third kappa shape index (κ3) is 4.20. The topological polar surface area (TPSA) is 67.9 Å². The van der Waals surface area contributed by atoms with E-state index in [0.717, 1.165) is 51.6 Å². The molecule has 146 valence electrons. The number of ether oxygens (including phenoxy) is 2. The van der Waals surface area contributed by atoms with E-state index < -0.39 is 0 Å². The van der Waals surface area contributed by atoms with Crippen molar-refractivity contribution in [1.82, 2.24) is 10.2 Å². The van der Waals surface area contributed by atoms with Crippen LogP contribution >= 0.6 is 0 Å². The summed E-state index contributed by atoms with van der Waals surface area (Å²) in [5.41, 5.74) is 0.526. The van der Waals surface area contributed by atoms with E-state index in [1.54, 1.807) is 13.2 Å². The summed E-state index contributed by atoms with van der Waals surface area (Å²) >= 11 is 0. The van der Waals surface area contributed by atoms with Crippen LogP contribution in [0.2, 0.25) is 0 Å². The molecular formula is C21H28N2O4. The molecule has 2 amide bonds. The predicted molar refractivity (Wildman–Crippen MR) is 101 cm³/mol. The van der Waals surface area contributed by atoms with Crippen molar-refractivity contribution < 1.29 is 19.1 Å². The summed E-state index contributed by atoms with van der Waals surface area (Å²) in [5.74, 6) is 1.71. The van der Waals surface area contributed by atoms with Crippen LogP contribution in [0.1, 0.15) is 55.3 Å². The molecule has 0 bridgehead atoms. The summed E-state index contributed by atoms with van der Waals surface area (Å²) in [7, 11) is 1.59. The fourth-order valence-electron chi connectivity index (χ4n) is 3.69. The zero-order chi connectivity index (χ0) is 18.8. The van der Waals surface area contributed by atoms with E-state index in [2.05, 4.69) is 5.32 Å². The molecule has 0 aromatic heterocycles. The van der Waals surface area contributed by atoms with Gasteiger partial charge in [0.2, 0.25) is 5.91 Å². The molecule has 4 rings (SSSR count). The lowest BCUT2D eigenvalue weighted by Gasteiger charge is -2.33. The number of piperidine rings is 1. The number of likely N-dealkylation sites (tertiary alicyclic amines) is 1. The van der Waals surface area contributed by atoms with Crippen molar-refractivity contribution in [3.8, 4) is 11.5 Å². The van der Waals surface area contributed by atoms with Crippen molar-refractivity contribution in [3.05, 3.63) is 23.8 Å². The van der Waals surface area contributed by atoms with Gasteiger partial charge in [0.25, 0.3) is 5.91 Å². The first-order chi connectivity index (χ1) is 13.1. The Hall–Kier alpha value is -2.24. The van der Waals surface area contributed by atoms with Gasteiger partial charge in [0.05, 0.1) is 12.7 Å². The molecule has 1 saturated heterocycles. The molecule has 0 atom stereocenters. The van der Waals surface area contributed by atoms with Crippen LogP contribution in [0.5, 0.6) is 11.5 Å². The highest BCUT2D eigenvalue weighted by Crippen LogP contribution is 2.33. The van der Waals surface area contributed by atoms with Crippen molar-refractivity contribution in [2.75, 3.05) is 20.2 Å². The van der Waals surface area contributed by atoms with Crippen LogP contribution in [0.4, 0.5) is 0 Å². The molecule has 1 heterocycles. The number of benzene rings is 1. The largest absolute Gasteiger partial charge is 0.497 e. The van der Waals surface area contributed by atoms with Gasteiger partial charge in [0.15, 0.2) is 0 Å². The number of amides is 2. The number of hydrogen-bond acceptors (Lipinski definition) is 4. The second-order valence-corrected chi connectivity index (χ2v) is 7.88. The normalized spacial score (nSPS) is 20.7. The van der Waals surface area contributed by atoms with Crippen LogP contribution < -0.4 is 14.8 Å². The molecule has 1 aliphatic heterocycles. The number of carbonyl (C=O) groups excluding carboxylic acids is 2. The SMILES string of the molecule is COc1ccc(OC2CCN(C(=O)C3CC3)CC2)c(C(=O)NC2CCC2)c1. The summed E-state index contributed by atoms with van der Waals surface area (Å²) in [6.45, 7) is 1.47. The Kier molecular flexibility index (Phi) is 5.23. The number of carbonyl (C=O) groups is 2. The van der Waals surface area contributed by atoms with Crippen molar-refractivity contribution in [2.45, 2.75) is 57.1 Å². The molecule has 1 aromatic carbocycles. The minimum absolute atomic E-state index is 0.0249. The standard InChI is InChI=1S/C21H28N2O4/c1-26-17-7-8-19(18(13-17)20(24)22-15-3-2-4-15)27-16-9-11-23(12-10-16)21(25)14-5-6-14/h7-8,13-16H,2-6,9-12H2,1H3,(H,22,24). The Morgan fingerprint density at radius 1 is 1.07 bits per heavy atom. The summed E-state index contributed by atoms with van der Waals surface area (Å²) in [6.07, 6.45) is 6.96. The fraction of sp³-hybridized carbons (Fsp3) is 0.619. The molecular weight excluding hydrogens is 344 g/mol. The third-order valence-electron chi connectivity index (χ3n) is 5.85. The number of rotatable bonds is 6. The van der Waals surface area contributed by atoms with Gasteiger partial charge in [-0.1, -0.05) is 0 Å². The monoisotopic (exact) mass is 372 g/mol. The highest BCUT2D eigenvalue weighted by molar-refractivity contribution is 5.97. The third-order valence-corrected chi connectivity index (χ3v) is 5.85. The number of nitrogens with one attached hydrogen (secondary N) is 1. The molecule has 6 nitrogen and oxygen atoms in total. The Bertz CT molecular complexity index is 704. The average molecular weight is 372 g/mol. The number of hydrogen-bond donors (Lipinski definition) is 1. The maximum absolute atomic E-state index is 12.7. The van der Waals surface area contributed by atoms with Gasteiger partial charge in [-0.25, -0.2) is 0 Å². The molecule has 2 saturated carbocycles. The second-order valence-electron chi connectivity index (χ2n) is 7.88. The van der Waals surface area contributed by atoms with E-state index in [1.165, 1.54) is 6.42 Å². The molecule has 0 spiro atoms. The van der Waals surface area contributed by atoms with Gasteiger partial charge in [0, 0.05) is 37.9 Å². The van der Waals surface area contributed by atoms with Crippen LogP contribution in [0.3, 0.4) is 0 Å². The average Bonchev–Trinajstić information content (AvgIpc) is 3.50. The lowest BCUT2D eigenvalue weighted by atomic mass is 9.93. The molecule has 6 heteroatoms. The molecule has 2 aliphatic carbocycles. The number of nitrogens with zero attached hydrogens (tertiary/aromatic N) is 1. The zero-order valence-corrected chi connectivity index (χ0v) is 15.9. The molecule has 1 aromatic rings. The maximum atomic E-state index is 12.7. The zero-order valence-electron chi connectivity index (χ0n) is 15.9. The van der Waals surface area contributed by atoms with Crippen molar-refractivity contribution in [1.29, 1.82) is 0 Å². The second kappa shape index (κ2) is 7.79. The van der Waals surface area contributed by atoms with E-state index in [-0.39, 0.29) is 24.0 Å². The van der Waals surface area contributed by atoms with Gasteiger partial charge in [-0.3, -0.25) is 9.59 Å². The molecule has 0 unspecified atom stereocenters. The molecule has 27 heavy (non-hydrogen) atoms. The van der Waals surface area contributed by atoms with Gasteiger partial charge in [-0.2, -0.15) is 0 Å². The molecule has 1 N–H and O–H groups in total. The van der Waals surface area contributed by atoms with Gasteiger partial charge in [0.1, 0.15) is 17.6 Å². The molecule has 0 radical (unpaired) electrons. The first kappa shape index (κ1) is 18.1. The Labute approximate surface area is 160 Å². The highest BCUT2D eigenvalue weighted by atomic mass is 16.5. The first-order valence-electron chi connectivity index (χ1n) is 10.1. The maximum Gasteiger partial charge on any atom is 0.255 e. The molecule has 3 fully saturated rings. The van der Waals surface area contributed by atoms with Crippen LogP contribution in [0.15, 0.2) is 18.2 Å². The molecule has 3 aliphatic rings. The summed E-state index contributed by atoms with van der Waals surface area (Å²) in [6, 6.07) is 5.65. The summed E-state index contributed by atoms with van der Waals surface area (Å²) in [4.78, 5) is 26.9. The van der Waals surface area contributed by atoms with Gasteiger partial charge in [-0.05, 0) is 50.3 Å². The van der Waals surface area contributed by atoms with Crippen molar-refractivity contribution in [3.63, 3.8) is 0 Å². The van der Waals surface area contributed by atoms with Crippen molar-refractivity contribution >= 4 is 11.8 Å². The van der Waals surface area contributed by atoms with E-state index in [0.29, 0.717) is 23.0 Å². The van der Waals surface area contributed by atoms with E-state index in [1.807, 2.05) is 17.0 Å². The summed E-state index contributed by atoms with van der Waals surface area (Å²) in [5, 5.41) is 3.08. The van der Waals surface area contributed by atoms with Gasteiger partial charge >= 0.3 is 0 Å². The lowest BCUT2D eigenvalue weighted by Crippen LogP contribution is -2.43. The van der Waals surface area contributed by atoms with Crippen LogP contribution in [-0.4, -0.2) is 49.1 Å². The van der Waals surface area contributed by atoms with Crippen molar-refractivity contribution in [2.24, 2.45) is 5.92 Å².